The lowest BCUT2D eigenvalue weighted by molar-refractivity contribution is -0.384. The minimum Gasteiger partial charge on any atom is -0.480 e. The van der Waals surface area contributed by atoms with Gasteiger partial charge in [0.2, 0.25) is 5.91 Å². The van der Waals surface area contributed by atoms with Crippen molar-refractivity contribution in [1.82, 2.24) is 4.90 Å². The maximum absolute atomic E-state index is 13.9. The van der Waals surface area contributed by atoms with E-state index < -0.39 is 22.3 Å². The molecule has 8 nitrogen and oxygen atoms in total. The second-order valence-electron chi connectivity index (χ2n) is 12.1. The van der Waals surface area contributed by atoms with Crippen molar-refractivity contribution in [2.45, 2.75) is 63.0 Å². The number of aliphatic hydroxyl groups is 1. The number of nitro groups is 1. The topological polar surface area (TPSA) is 121 Å². The first kappa shape index (κ1) is 25.7. The fourth-order valence-electron chi connectivity index (χ4n) is 8.65. The number of aliphatic hydroxyl groups excluding tert-OH is 1. The van der Waals surface area contributed by atoms with Gasteiger partial charge in [0, 0.05) is 28.7 Å². The Hall–Kier alpha value is -2.53. The maximum Gasteiger partial charge on any atom is 0.317 e. The minimum absolute atomic E-state index is 0.0171. The summed E-state index contributed by atoms with van der Waals surface area (Å²) in [6.45, 7) is 0.406. The molecule has 2 aromatic rings. The fourth-order valence-corrected chi connectivity index (χ4v) is 9.53. The first-order valence-corrected chi connectivity index (χ1v) is 14.4. The lowest BCUT2D eigenvalue weighted by atomic mass is 9.49. The van der Waals surface area contributed by atoms with Crippen molar-refractivity contribution >= 4 is 40.2 Å². The van der Waals surface area contributed by atoms with E-state index in [4.69, 9.17) is 0 Å². The molecular formula is C29H31IN2O6. The SMILES string of the molecule is O=C1C[C@@](C(=O)O)(c2ccc([N+](=O)[O-])cc2)[C@@H](c2ccc(CO)cc2I)N1CC12CC3CC(CC(C3)C1)C2. The van der Waals surface area contributed by atoms with Crippen molar-refractivity contribution in [1.29, 1.82) is 0 Å². The number of carbonyl (C=O) groups is 2. The molecule has 7 rings (SSSR count). The highest BCUT2D eigenvalue weighted by Gasteiger charge is 2.61. The third kappa shape index (κ3) is 4.04. The van der Waals surface area contributed by atoms with Gasteiger partial charge in [-0.05, 0) is 107 Å². The summed E-state index contributed by atoms with van der Waals surface area (Å²) in [5.41, 5.74) is 0.148. The summed E-state index contributed by atoms with van der Waals surface area (Å²) in [5.74, 6) is 0.786. The molecule has 0 unspecified atom stereocenters. The van der Waals surface area contributed by atoms with E-state index in [1.165, 1.54) is 43.5 Å². The average molecular weight is 630 g/mol. The summed E-state index contributed by atoms with van der Waals surface area (Å²) >= 11 is 2.17. The highest BCUT2D eigenvalue weighted by Crippen LogP contribution is 2.62. The number of halogens is 1. The molecule has 9 heteroatoms. The van der Waals surface area contributed by atoms with Crippen LogP contribution in [0, 0.1) is 36.9 Å². The quantitative estimate of drug-likeness (QED) is 0.247. The second-order valence-corrected chi connectivity index (χ2v) is 13.3. The molecule has 4 saturated carbocycles. The molecule has 5 fully saturated rings. The van der Waals surface area contributed by atoms with Gasteiger partial charge in [0.25, 0.3) is 5.69 Å². The number of hydrogen-bond donors (Lipinski definition) is 2. The number of carboxylic acids is 1. The zero-order valence-corrected chi connectivity index (χ0v) is 23.2. The minimum atomic E-state index is -1.59. The Morgan fingerprint density at radius 1 is 1.05 bits per heavy atom. The Morgan fingerprint density at radius 3 is 2.16 bits per heavy atom. The number of carboxylic acid groups (broad SMARTS) is 1. The zero-order valence-electron chi connectivity index (χ0n) is 21.0. The molecule has 1 amide bonds. The van der Waals surface area contributed by atoms with Crippen LogP contribution < -0.4 is 0 Å². The molecule has 2 aromatic carbocycles. The summed E-state index contributed by atoms with van der Waals surface area (Å²) in [7, 11) is 0. The highest BCUT2D eigenvalue weighted by molar-refractivity contribution is 14.1. The van der Waals surface area contributed by atoms with E-state index in [0.29, 0.717) is 35.4 Å². The molecule has 0 aromatic heterocycles. The van der Waals surface area contributed by atoms with Gasteiger partial charge in [0.15, 0.2) is 0 Å². The van der Waals surface area contributed by atoms with Gasteiger partial charge in [0.1, 0.15) is 5.41 Å². The lowest BCUT2D eigenvalue weighted by Crippen LogP contribution is -2.52. The van der Waals surface area contributed by atoms with Crippen molar-refractivity contribution < 1.29 is 24.7 Å². The molecule has 4 aliphatic carbocycles. The number of aliphatic carboxylic acids is 1. The van der Waals surface area contributed by atoms with E-state index in [1.807, 2.05) is 17.0 Å². The van der Waals surface area contributed by atoms with Gasteiger partial charge >= 0.3 is 5.97 Å². The fraction of sp³-hybridized carbons (Fsp3) is 0.517. The first-order chi connectivity index (χ1) is 18.1. The van der Waals surface area contributed by atoms with E-state index in [1.54, 1.807) is 6.07 Å². The Morgan fingerprint density at radius 2 is 1.66 bits per heavy atom. The van der Waals surface area contributed by atoms with E-state index in [0.717, 1.165) is 28.4 Å². The van der Waals surface area contributed by atoms with Crippen LogP contribution in [0.15, 0.2) is 42.5 Å². The number of hydrogen-bond acceptors (Lipinski definition) is 5. The normalized spacial score (nSPS) is 33.6. The third-order valence-electron chi connectivity index (χ3n) is 9.72. The molecule has 1 heterocycles. The summed E-state index contributed by atoms with van der Waals surface area (Å²) < 4.78 is 0.789. The summed E-state index contributed by atoms with van der Waals surface area (Å²) in [6.07, 6.45) is 6.90. The molecule has 2 atom stereocenters. The number of carbonyl (C=O) groups excluding carboxylic acids is 1. The van der Waals surface area contributed by atoms with Crippen LogP contribution in [0.4, 0.5) is 5.69 Å². The smallest absolute Gasteiger partial charge is 0.317 e. The number of rotatable bonds is 7. The predicted molar refractivity (Wildman–Crippen MR) is 147 cm³/mol. The van der Waals surface area contributed by atoms with Crippen LogP contribution in [0.25, 0.3) is 0 Å². The van der Waals surface area contributed by atoms with Crippen molar-refractivity contribution in [2.75, 3.05) is 6.54 Å². The van der Waals surface area contributed by atoms with Gasteiger partial charge in [0.05, 0.1) is 17.6 Å². The van der Waals surface area contributed by atoms with Crippen molar-refractivity contribution in [2.24, 2.45) is 23.2 Å². The van der Waals surface area contributed by atoms with Gasteiger partial charge < -0.3 is 15.1 Å². The molecule has 2 N–H and O–H groups in total. The summed E-state index contributed by atoms with van der Waals surface area (Å²) in [6, 6.07) is 10.3. The van der Waals surface area contributed by atoms with Crippen LogP contribution in [-0.4, -0.2) is 38.5 Å². The van der Waals surface area contributed by atoms with E-state index in [2.05, 4.69) is 22.6 Å². The number of benzene rings is 2. The van der Waals surface area contributed by atoms with Gasteiger partial charge in [-0.15, -0.1) is 0 Å². The van der Waals surface area contributed by atoms with E-state index >= 15 is 0 Å². The standard InChI is InChI=1S/C29H31IN2O6/c30-24-10-17(15-33)1-6-23(24)26-29(27(35)36,21-2-4-22(5-3-21)32(37)38)14-25(34)31(26)16-28-11-18-7-19(12-28)9-20(8-18)13-28/h1-6,10,18-20,26,33H,7-9,11-16H2,(H,35,36)/t18?,19?,20?,26-,28?,29-/m1/s1. The van der Waals surface area contributed by atoms with Gasteiger partial charge in [-0.25, -0.2) is 0 Å². The summed E-state index contributed by atoms with van der Waals surface area (Å²) in [4.78, 5) is 39.8. The van der Waals surface area contributed by atoms with Gasteiger partial charge in [-0.2, -0.15) is 0 Å². The highest BCUT2D eigenvalue weighted by atomic mass is 127. The van der Waals surface area contributed by atoms with Crippen LogP contribution in [0.2, 0.25) is 0 Å². The van der Waals surface area contributed by atoms with E-state index in [9.17, 15) is 29.9 Å². The molecule has 0 spiro atoms. The van der Waals surface area contributed by atoms with Crippen molar-refractivity contribution in [3.63, 3.8) is 0 Å². The van der Waals surface area contributed by atoms with Crippen LogP contribution in [0.1, 0.15) is 67.7 Å². The molecule has 200 valence electrons. The maximum atomic E-state index is 13.9. The number of nitro benzene ring substituents is 1. The Bertz CT molecular complexity index is 1280. The zero-order chi connectivity index (χ0) is 26.8. The second kappa shape index (κ2) is 9.29. The van der Waals surface area contributed by atoms with Gasteiger partial charge in [-0.1, -0.05) is 24.3 Å². The average Bonchev–Trinajstić information content (AvgIpc) is 3.15. The monoisotopic (exact) mass is 630 g/mol. The number of likely N-dealkylation sites (tertiary alicyclic amines) is 1. The number of nitrogens with zero attached hydrogens (tertiary/aromatic N) is 2. The molecule has 0 radical (unpaired) electrons. The lowest BCUT2D eigenvalue weighted by Gasteiger charge is -2.58. The molecule has 1 aliphatic heterocycles. The van der Waals surface area contributed by atoms with Gasteiger partial charge in [-0.3, -0.25) is 19.7 Å². The largest absolute Gasteiger partial charge is 0.480 e. The predicted octanol–water partition coefficient (Wildman–Crippen LogP) is 5.20. The van der Waals surface area contributed by atoms with Crippen LogP contribution in [-0.2, 0) is 21.6 Å². The Labute approximate surface area is 234 Å². The molecule has 5 aliphatic rings. The summed E-state index contributed by atoms with van der Waals surface area (Å²) in [5, 5.41) is 31.8. The number of non-ortho nitro benzene ring substituents is 1. The van der Waals surface area contributed by atoms with Crippen molar-refractivity contribution in [3.8, 4) is 0 Å². The van der Waals surface area contributed by atoms with Crippen LogP contribution in [0.3, 0.4) is 0 Å². The molecular weight excluding hydrogens is 599 g/mol. The molecule has 4 bridgehead atoms. The third-order valence-corrected chi connectivity index (χ3v) is 10.7. The Balaban J connectivity index is 1.48. The molecule has 1 saturated heterocycles. The first-order valence-electron chi connectivity index (χ1n) is 13.3. The Kier molecular flexibility index (Phi) is 6.29. The van der Waals surface area contributed by atoms with E-state index in [-0.39, 0.29) is 30.0 Å². The molecule has 38 heavy (non-hydrogen) atoms. The van der Waals surface area contributed by atoms with Crippen molar-refractivity contribution in [3.05, 3.63) is 72.8 Å². The van der Waals surface area contributed by atoms with Crippen LogP contribution in [0.5, 0.6) is 0 Å². The van der Waals surface area contributed by atoms with Crippen LogP contribution >= 0.6 is 22.6 Å². The number of amides is 1.